The predicted molar refractivity (Wildman–Crippen MR) is 82.5 cm³/mol. The lowest BCUT2D eigenvalue weighted by atomic mass is 9.91. The molecule has 0 amide bonds. The smallest absolute Gasteiger partial charge is 0.122 e. The van der Waals surface area contributed by atoms with Crippen LogP contribution in [0.1, 0.15) is 25.3 Å². The monoisotopic (exact) mass is 329 g/mol. The van der Waals surface area contributed by atoms with Crippen LogP contribution in [0.4, 0.5) is 0 Å². The molecule has 100 valence electrons. The molecule has 2 rings (SSSR count). The average Bonchev–Trinajstić information content (AvgIpc) is 2.78. The normalized spacial score (nSPS) is 25.1. The lowest BCUT2D eigenvalue weighted by Crippen LogP contribution is -2.42. The quantitative estimate of drug-likeness (QED) is 0.916. The molecule has 2 unspecified atom stereocenters. The van der Waals surface area contributed by atoms with Crippen molar-refractivity contribution >= 4 is 27.7 Å². The molecule has 1 saturated heterocycles. The molecule has 1 fully saturated rings. The summed E-state index contributed by atoms with van der Waals surface area (Å²) in [4.78, 5) is 0. The third-order valence-electron chi connectivity index (χ3n) is 3.72. The van der Waals surface area contributed by atoms with Crippen molar-refractivity contribution in [2.75, 3.05) is 12.9 Å². The molecular weight excluding hydrogens is 310 g/mol. The number of hydrogen-bond donors (Lipinski definition) is 1. The minimum Gasteiger partial charge on any atom is -0.496 e. The average molecular weight is 330 g/mol. The van der Waals surface area contributed by atoms with Crippen LogP contribution in [-0.2, 0) is 6.42 Å². The third-order valence-corrected chi connectivity index (χ3v) is 5.87. The van der Waals surface area contributed by atoms with E-state index in [0.717, 1.165) is 16.6 Å². The van der Waals surface area contributed by atoms with E-state index in [1.807, 2.05) is 23.9 Å². The molecule has 0 spiro atoms. The Hall–Kier alpha value is -0.190. The van der Waals surface area contributed by atoms with Crippen LogP contribution in [0.15, 0.2) is 22.7 Å². The standard InChI is InChI=1S/C14H20BrNOS/c1-14(6-3-7-18-14)13(16)9-10-8-11(15)4-5-12(10)17-2/h4-5,8,13H,3,6-7,9,16H2,1-2H3. The Morgan fingerprint density at radius 1 is 1.56 bits per heavy atom. The summed E-state index contributed by atoms with van der Waals surface area (Å²) < 4.78 is 6.71. The highest BCUT2D eigenvalue weighted by Gasteiger charge is 2.35. The van der Waals surface area contributed by atoms with Crippen LogP contribution in [0.3, 0.4) is 0 Å². The number of nitrogens with two attached hydrogens (primary N) is 1. The summed E-state index contributed by atoms with van der Waals surface area (Å²) in [5, 5.41) is 0. The topological polar surface area (TPSA) is 35.2 Å². The van der Waals surface area contributed by atoms with Gasteiger partial charge in [0.2, 0.25) is 0 Å². The van der Waals surface area contributed by atoms with E-state index in [1.165, 1.54) is 24.2 Å². The molecule has 0 bridgehead atoms. The van der Waals surface area contributed by atoms with Crippen molar-refractivity contribution in [2.45, 2.75) is 37.0 Å². The fourth-order valence-electron chi connectivity index (χ4n) is 2.45. The Balaban J connectivity index is 2.15. The van der Waals surface area contributed by atoms with Gasteiger partial charge in [0.25, 0.3) is 0 Å². The molecule has 1 heterocycles. The number of ether oxygens (including phenoxy) is 1. The van der Waals surface area contributed by atoms with Gasteiger partial charge in [0.1, 0.15) is 5.75 Å². The molecule has 1 aromatic carbocycles. The maximum absolute atomic E-state index is 6.43. The highest BCUT2D eigenvalue weighted by atomic mass is 79.9. The number of benzene rings is 1. The van der Waals surface area contributed by atoms with E-state index in [9.17, 15) is 0 Å². The second-order valence-corrected chi connectivity index (χ2v) is 7.58. The number of halogens is 1. The number of rotatable bonds is 4. The highest BCUT2D eigenvalue weighted by Crippen LogP contribution is 2.41. The van der Waals surface area contributed by atoms with Crippen molar-refractivity contribution in [3.8, 4) is 5.75 Å². The van der Waals surface area contributed by atoms with Gasteiger partial charge in [-0.1, -0.05) is 15.9 Å². The first-order chi connectivity index (χ1) is 8.55. The first-order valence-electron chi connectivity index (χ1n) is 6.27. The van der Waals surface area contributed by atoms with Gasteiger partial charge in [-0.05, 0) is 55.7 Å². The van der Waals surface area contributed by atoms with E-state index >= 15 is 0 Å². The minimum atomic E-state index is 0.174. The Labute approximate surface area is 122 Å². The molecule has 2 atom stereocenters. The van der Waals surface area contributed by atoms with Crippen molar-refractivity contribution in [1.29, 1.82) is 0 Å². The first-order valence-corrected chi connectivity index (χ1v) is 8.05. The van der Waals surface area contributed by atoms with Crippen LogP contribution < -0.4 is 10.5 Å². The summed E-state index contributed by atoms with van der Waals surface area (Å²) in [6, 6.07) is 6.28. The third kappa shape index (κ3) is 3.03. The molecule has 0 radical (unpaired) electrons. The van der Waals surface area contributed by atoms with Gasteiger partial charge in [0, 0.05) is 15.3 Å². The van der Waals surface area contributed by atoms with E-state index in [4.69, 9.17) is 10.5 Å². The summed E-state index contributed by atoms with van der Waals surface area (Å²) in [7, 11) is 1.71. The molecule has 1 aliphatic heterocycles. The molecular formula is C14H20BrNOS. The van der Waals surface area contributed by atoms with Crippen molar-refractivity contribution in [3.05, 3.63) is 28.2 Å². The van der Waals surface area contributed by atoms with Gasteiger partial charge in [-0.2, -0.15) is 11.8 Å². The first kappa shape index (κ1) is 14.2. The van der Waals surface area contributed by atoms with Gasteiger partial charge in [-0.3, -0.25) is 0 Å². The lowest BCUT2D eigenvalue weighted by molar-refractivity contribution is 0.403. The molecule has 1 aromatic rings. The fourth-order valence-corrected chi connectivity index (χ4v) is 4.20. The van der Waals surface area contributed by atoms with Crippen LogP contribution in [0.25, 0.3) is 0 Å². The van der Waals surface area contributed by atoms with E-state index < -0.39 is 0 Å². The number of hydrogen-bond acceptors (Lipinski definition) is 3. The fraction of sp³-hybridized carbons (Fsp3) is 0.571. The van der Waals surface area contributed by atoms with Crippen LogP contribution in [0, 0.1) is 0 Å². The zero-order valence-electron chi connectivity index (χ0n) is 10.9. The Morgan fingerprint density at radius 2 is 2.33 bits per heavy atom. The minimum absolute atomic E-state index is 0.174. The van der Waals surface area contributed by atoms with Gasteiger partial charge >= 0.3 is 0 Å². The molecule has 1 aliphatic rings. The van der Waals surface area contributed by atoms with E-state index in [2.05, 4.69) is 28.9 Å². The van der Waals surface area contributed by atoms with E-state index in [-0.39, 0.29) is 10.8 Å². The maximum Gasteiger partial charge on any atom is 0.122 e. The second-order valence-electron chi connectivity index (χ2n) is 5.03. The zero-order valence-corrected chi connectivity index (χ0v) is 13.3. The van der Waals surface area contributed by atoms with Crippen LogP contribution >= 0.6 is 27.7 Å². The molecule has 2 nitrogen and oxygen atoms in total. The molecule has 0 aliphatic carbocycles. The van der Waals surface area contributed by atoms with E-state index in [0.29, 0.717) is 0 Å². The van der Waals surface area contributed by atoms with E-state index in [1.54, 1.807) is 7.11 Å². The molecule has 18 heavy (non-hydrogen) atoms. The molecule has 4 heteroatoms. The van der Waals surface area contributed by atoms with Crippen LogP contribution in [0.2, 0.25) is 0 Å². The lowest BCUT2D eigenvalue weighted by Gasteiger charge is -2.30. The van der Waals surface area contributed by atoms with Gasteiger partial charge in [0.05, 0.1) is 7.11 Å². The zero-order chi connectivity index (χ0) is 13.2. The summed E-state index contributed by atoms with van der Waals surface area (Å²) in [5.74, 6) is 2.17. The summed E-state index contributed by atoms with van der Waals surface area (Å²) >= 11 is 5.52. The second kappa shape index (κ2) is 5.85. The van der Waals surface area contributed by atoms with Crippen molar-refractivity contribution < 1.29 is 4.74 Å². The summed E-state index contributed by atoms with van der Waals surface area (Å²) in [5.41, 5.74) is 7.62. The summed E-state index contributed by atoms with van der Waals surface area (Å²) in [6.07, 6.45) is 3.37. The highest BCUT2D eigenvalue weighted by molar-refractivity contribution is 9.10. The Kier molecular flexibility index (Phi) is 4.62. The molecule has 2 N–H and O–H groups in total. The van der Waals surface area contributed by atoms with Gasteiger partial charge in [-0.15, -0.1) is 0 Å². The Bertz CT molecular complexity index is 418. The Morgan fingerprint density at radius 3 is 2.94 bits per heavy atom. The van der Waals surface area contributed by atoms with Crippen LogP contribution in [0.5, 0.6) is 5.75 Å². The van der Waals surface area contributed by atoms with Crippen molar-refractivity contribution in [2.24, 2.45) is 5.73 Å². The summed E-state index contributed by atoms with van der Waals surface area (Å²) in [6.45, 7) is 2.29. The SMILES string of the molecule is COc1ccc(Br)cc1CC(N)C1(C)CCCS1. The van der Waals surface area contributed by atoms with Crippen LogP contribution in [-0.4, -0.2) is 23.7 Å². The van der Waals surface area contributed by atoms with Gasteiger partial charge < -0.3 is 10.5 Å². The maximum atomic E-state index is 6.43. The molecule has 0 saturated carbocycles. The number of methoxy groups -OCH3 is 1. The number of thioether (sulfide) groups is 1. The van der Waals surface area contributed by atoms with Crippen molar-refractivity contribution in [3.63, 3.8) is 0 Å². The largest absolute Gasteiger partial charge is 0.496 e. The van der Waals surface area contributed by atoms with Crippen molar-refractivity contribution in [1.82, 2.24) is 0 Å². The van der Waals surface area contributed by atoms with Gasteiger partial charge in [0.15, 0.2) is 0 Å². The van der Waals surface area contributed by atoms with Gasteiger partial charge in [-0.25, -0.2) is 0 Å². The molecule has 0 aromatic heterocycles. The predicted octanol–water partition coefficient (Wildman–Crippen LogP) is 3.61.